The second kappa shape index (κ2) is 12.0. The molecule has 0 atom stereocenters. The van der Waals surface area contributed by atoms with Crippen molar-refractivity contribution in [1.29, 1.82) is 0 Å². The fraction of sp³-hybridized carbons (Fsp3) is 0.583. The Morgan fingerprint density at radius 1 is 1.33 bits per heavy atom. The van der Waals surface area contributed by atoms with E-state index < -0.39 is 0 Å². The van der Waals surface area contributed by atoms with E-state index in [2.05, 4.69) is 4.90 Å². The van der Waals surface area contributed by atoms with Gasteiger partial charge in [0.2, 0.25) is 0 Å². The minimum absolute atomic E-state index is 0.736. The summed E-state index contributed by atoms with van der Waals surface area (Å²) >= 11 is 1.33. The van der Waals surface area contributed by atoms with Crippen molar-refractivity contribution >= 4 is 4.08 Å². The Morgan fingerprint density at radius 3 is 2.27 bits per heavy atom. The number of nitrogens with zero attached hydrogens (tertiary/aromatic N) is 1. The van der Waals surface area contributed by atoms with Crippen LogP contribution in [0.3, 0.4) is 0 Å². The summed E-state index contributed by atoms with van der Waals surface area (Å²) in [7, 11) is 4.05. The van der Waals surface area contributed by atoms with Crippen LogP contribution in [-0.4, -0.2) is 36.2 Å². The maximum atomic E-state index is 5.48. The van der Waals surface area contributed by atoms with Gasteiger partial charge in [-0.05, 0) is 0 Å². The van der Waals surface area contributed by atoms with Crippen molar-refractivity contribution in [2.24, 2.45) is 0 Å². The van der Waals surface area contributed by atoms with Crippen LogP contribution in [0.4, 0.5) is 0 Å². The Kier molecular flexibility index (Phi) is 13.9. The van der Waals surface area contributed by atoms with Crippen LogP contribution in [0.2, 0.25) is 0 Å². The van der Waals surface area contributed by atoms with Gasteiger partial charge in [-0.2, -0.15) is 0 Å². The fourth-order valence-electron chi connectivity index (χ4n) is 0.576. The summed E-state index contributed by atoms with van der Waals surface area (Å²) in [6.45, 7) is 13.0. The summed E-state index contributed by atoms with van der Waals surface area (Å²) in [5, 5.41) is 0. The van der Waals surface area contributed by atoms with Crippen molar-refractivity contribution in [1.82, 2.24) is 4.90 Å². The van der Waals surface area contributed by atoms with Gasteiger partial charge in [-0.3, -0.25) is 0 Å². The SMILES string of the molecule is CC.[CH-]=C(C)/C=C\[C](=[W])OCCN(C)C. The molecule has 3 heteroatoms. The molecule has 88 valence electrons. The summed E-state index contributed by atoms with van der Waals surface area (Å²) in [4.78, 5) is 2.09. The minimum atomic E-state index is 0.736. The fourth-order valence-corrected chi connectivity index (χ4v) is 1.12. The molecule has 0 aliphatic carbocycles. The van der Waals surface area contributed by atoms with Crippen LogP contribution in [0.15, 0.2) is 17.7 Å². The van der Waals surface area contributed by atoms with Crippen molar-refractivity contribution in [3.05, 3.63) is 24.3 Å². The first-order chi connectivity index (χ1) is 7.02. The molecular formula is C12H22NOW-. The first kappa shape index (κ1) is 17.4. The Bertz CT molecular complexity index is 210. The summed E-state index contributed by atoms with van der Waals surface area (Å²) in [5.74, 6) is 0. The third-order valence-corrected chi connectivity index (χ3v) is 2.18. The van der Waals surface area contributed by atoms with Gasteiger partial charge in [-0.15, -0.1) is 0 Å². The van der Waals surface area contributed by atoms with E-state index in [1.807, 2.05) is 47.0 Å². The van der Waals surface area contributed by atoms with Gasteiger partial charge in [0.05, 0.1) is 0 Å². The van der Waals surface area contributed by atoms with E-state index in [0.29, 0.717) is 0 Å². The number of rotatable bonds is 6. The molecule has 0 aliphatic heterocycles. The van der Waals surface area contributed by atoms with Crippen LogP contribution < -0.4 is 0 Å². The van der Waals surface area contributed by atoms with Crippen molar-refractivity contribution in [3.63, 3.8) is 0 Å². The summed E-state index contributed by atoms with van der Waals surface area (Å²) < 4.78 is 6.44. The van der Waals surface area contributed by atoms with Crippen LogP contribution >= 0.6 is 0 Å². The molecule has 0 N–H and O–H groups in total. The van der Waals surface area contributed by atoms with Crippen LogP contribution in [0, 0.1) is 6.58 Å². The first-order valence-corrected chi connectivity index (χ1v) is 6.57. The molecule has 0 heterocycles. The molecule has 0 fully saturated rings. The van der Waals surface area contributed by atoms with Crippen molar-refractivity contribution < 1.29 is 24.1 Å². The number of likely N-dealkylation sites (N-methyl/N-ethyl adjacent to an activating group) is 1. The molecule has 15 heavy (non-hydrogen) atoms. The van der Waals surface area contributed by atoms with E-state index in [-0.39, 0.29) is 0 Å². The van der Waals surface area contributed by atoms with Gasteiger partial charge < -0.3 is 0 Å². The van der Waals surface area contributed by atoms with E-state index in [4.69, 9.17) is 11.3 Å². The molecule has 0 bridgehead atoms. The molecule has 0 saturated heterocycles. The van der Waals surface area contributed by atoms with E-state index in [0.717, 1.165) is 22.8 Å². The molecule has 2 nitrogen and oxygen atoms in total. The van der Waals surface area contributed by atoms with Crippen LogP contribution in [-0.2, 0) is 24.1 Å². The zero-order valence-corrected chi connectivity index (χ0v) is 13.3. The molecule has 0 amide bonds. The topological polar surface area (TPSA) is 12.5 Å². The third kappa shape index (κ3) is 16.6. The standard InChI is InChI=1S/C10H16NO.C2H6.W/c1-10(2)6-5-8-12-9-7-11(3)4;1-2;/h1,5-6H,7,9H2,2-4H3;1-2H3;/q-1;;/b6-5-;;. The Balaban J connectivity index is 0. The second-order valence-electron chi connectivity index (χ2n) is 3.05. The third-order valence-electron chi connectivity index (χ3n) is 1.27. The maximum absolute atomic E-state index is 5.48. The average Bonchev–Trinajstić information content (AvgIpc) is 2.17. The second-order valence-corrected chi connectivity index (χ2v) is 4.49. The van der Waals surface area contributed by atoms with Crippen LogP contribution in [0.1, 0.15) is 20.8 Å². The normalized spacial score (nSPS) is 10.0. The Morgan fingerprint density at radius 2 is 1.87 bits per heavy atom. The summed E-state index contributed by atoms with van der Waals surface area (Å²) in [6, 6.07) is 0. The van der Waals surface area contributed by atoms with Crippen molar-refractivity contribution in [3.8, 4) is 0 Å². The number of allylic oxidation sites excluding steroid dienone is 2. The average molecular weight is 380 g/mol. The molecule has 0 unspecified atom stereocenters. The predicted octanol–water partition coefficient (Wildman–Crippen LogP) is 2.20. The van der Waals surface area contributed by atoms with Crippen LogP contribution in [0.5, 0.6) is 0 Å². The van der Waals surface area contributed by atoms with E-state index in [1.165, 1.54) is 19.4 Å². The van der Waals surface area contributed by atoms with Gasteiger partial charge in [0.1, 0.15) is 0 Å². The van der Waals surface area contributed by atoms with Crippen LogP contribution in [0.25, 0.3) is 0 Å². The van der Waals surface area contributed by atoms with Gasteiger partial charge in [0.15, 0.2) is 0 Å². The van der Waals surface area contributed by atoms with Crippen molar-refractivity contribution in [2.45, 2.75) is 20.8 Å². The van der Waals surface area contributed by atoms with Gasteiger partial charge >= 0.3 is 91.5 Å². The molecule has 0 aromatic carbocycles. The molecule has 0 spiro atoms. The van der Waals surface area contributed by atoms with E-state index >= 15 is 0 Å². The van der Waals surface area contributed by atoms with Gasteiger partial charge in [0, 0.05) is 0 Å². The predicted molar refractivity (Wildman–Crippen MR) is 63.5 cm³/mol. The molecule has 0 rings (SSSR count). The Labute approximate surface area is 105 Å². The molecule has 0 aliphatic rings. The zero-order valence-electron chi connectivity index (χ0n) is 10.4. The summed E-state index contributed by atoms with van der Waals surface area (Å²) in [5.41, 5.74) is 0.801. The molecule has 0 aromatic rings. The first-order valence-electron chi connectivity index (χ1n) is 5.11. The number of ether oxygens (including phenoxy) is 1. The molecule has 0 aromatic heterocycles. The molecular weight excluding hydrogens is 358 g/mol. The number of hydrogen-bond donors (Lipinski definition) is 0. The van der Waals surface area contributed by atoms with E-state index in [9.17, 15) is 0 Å². The summed E-state index contributed by atoms with van der Waals surface area (Å²) in [6.07, 6.45) is 3.78. The zero-order chi connectivity index (χ0) is 12.3. The van der Waals surface area contributed by atoms with Gasteiger partial charge in [-0.1, -0.05) is 13.8 Å². The van der Waals surface area contributed by atoms with Gasteiger partial charge in [-0.25, -0.2) is 0 Å². The number of hydrogen-bond acceptors (Lipinski definition) is 2. The van der Waals surface area contributed by atoms with E-state index in [1.54, 1.807) is 0 Å². The quantitative estimate of drug-likeness (QED) is 0.518. The monoisotopic (exact) mass is 380 g/mol. The molecule has 0 saturated carbocycles. The van der Waals surface area contributed by atoms with Crippen molar-refractivity contribution in [2.75, 3.05) is 27.2 Å². The van der Waals surface area contributed by atoms with Gasteiger partial charge in [0.25, 0.3) is 0 Å². The molecule has 0 radical (unpaired) electrons. The Hall–Kier alpha value is -0.0417.